The van der Waals surface area contributed by atoms with Crippen LogP contribution in [-0.4, -0.2) is 18.5 Å². The van der Waals surface area contributed by atoms with Crippen molar-refractivity contribution >= 4 is 5.91 Å². The summed E-state index contributed by atoms with van der Waals surface area (Å²) < 4.78 is 0. The van der Waals surface area contributed by atoms with Gasteiger partial charge in [0.15, 0.2) is 0 Å². The number of hydrogen-bond donors (Lipinski definition) is 2. The maximum atomic E-state index is 11.8. The van der Waals surface area contributed by atoms with Gasteiger partial charge >= 0.3 is 0 Å². The summed E-state index contributed by atoms with van der Waals surface area (Å²) in [5, 5.41) is 2.78. The van der Waals surface area contributed by atoms with Gasteiger partial charge in [-0.1, -0.05) is 25.0 Å². The summed E-state index contributed by atoms with van der Waals surface area (Å²) in [6.07, 6.45) is 6.85. The normalized spacial score (nSPS) is 11.6. The Balaban J connectivity index is 2.67. The number of nitrogens with two attached hydrogens (primary N) is 1. The first-order valence-corrected chi connectivity index (χ1v) is 5.77. The molecule has 0 fully saturated rings. The fourth-order valence-electron chi connectivity index (χ4n) is 1.49. The Morgan fingerprint density at radius 2 is 2.12 bits per heavy atom. The second-order valence-corrected chi connectivity index (χ2v) is 3.84. The van der Waals surface area contributed by atoms with Crippen LogP contribution in [0.3, 0.4) is 0 Å². The number of carbonyl (C=O) groups is 1. The predicted molar refractivity (Wildman–Crippen MR) is 69.6 cm³/mol. The van der Waals surface area contributed by atoms with Crippen LogP contribution in [0.5, 0.6) is 0 Å². The average Bonchev–Trinajstić information content (AvgIpc) is 2.37. The summed E-state index contributed by atoms with van der Waals surface area (Å²) in [6.45, 7) is 2.55. The van der Waals surface area contributed by atoms with Gasteiger partial charge in [-0.05, 0) is 37.1 Å². The van der Waals surface area contributed by atoms with Gasteiger partial charge in [0.1, 0.15) is 0 Å². The van der Waals surface area contributed by atoms with Crippen LogP contribution in [0.1, 0.15) is 29.3 Å². The lowest BCUT2D eigenvalue weighted by Crippen LogP contribution is -2.33. The van der Waals surface area contributed by atoms with E-state index in [1.807, 2.05) is 19.1 Å². The first-order valence-electron chi connectivity index (χ1n) is 5.77. The highest BCUT2D eigenvalue weighted by atomic mass is 16.1. The second-order valence-electron chi connectivity index (χ2n) is 3.84. The summed E-state index contributed by atoms with van der Waals surface area (Å²) in [5.74, 6) is 2.41. The maximum absolute atomic E-state index is 11.8. The molecule has 3 nitrogen and oxygen atoms in total. The molecular weight excluding hydrogens is 212 g/mol. The Labute approximate surface area is 102 Å². The van der Waals surface area contributed by atoms with E-state index in [9.17, 15) is 4.79 Å². The van der Waals surface area contributed by atoms with Crippen LogP contribution >= 0.6 is 0 Å². The molecule has 0 saturated carbocycles. The monoisotopic (exact) mass is 230 g/mol. The number of terminal acetylenes is 1. The fraction of sp³-hybridized carbons (Fsp3) is 0.357. The molecule has 0 saturated heterocycles. The van der Waals surface area contributed by atoms with Crippen molar-refractivity contribution in [3.8, 4) is 12.3 Å². The quantitative estimate of drug-likeness (QED) is 0.750. The molecular formula is C14H18N2O. The first-order chi connectivity index (χ1) is 8.21. The van der Waals surface area contributed by atoms with Crippen LogP contribution in [0, 0.1) is 12.3 Å². The first kappa shape index (κ1) is 13.3. The number of hydrogen-bond acceptors (Lipinski definition) is 2. The van der Waals surface area contributed by atoms with Crippen LogP contribution in [0.25, 0.3) is 0 Å². The summed E-state index contributed by atoms with van der Waals surface area (Å²) in [5.41, 5.74) is 7.22. The molecule has 3 N–H and O–H groups in total. The molecule has 1 aromatic carbocycles. The van der Waals surface area contributed by atoms with E-state index in [4.69, 9.17) is 12.2 Å². The molecule has 1 amide bonds. The second kappa shape index (κ2) is 6.72. The Kier molecular flexibility index (Phi) is 5.25. The Morgan fingerprint density at radius 3 is 2.59 bits per heavy atom. The number of amides is 1. The Morgan fingerprint density at radius 1 is 1.47 bits per heavy atom. The van der Waals surface area contributed by atoms with Gasteiger partial charge in [0, 0.05) is 5.56 Å². The lowest BCUT2D eigenvalue weighted by atomic mass is 10.1. The van der Waals surface area contributed by atoms with Gasteiger partial charge in [-0.3, -0.25) is 4.79 Å². The zero-order chi connectivity index (χ0) is 12.7. The molecule has 90 valence electrons. The van der Waals surface area contributed by atoms with Gasteiger partial charge in [0.25, 0.3) is 5.91 Å². The van der Waals surface area contributed by atoms with Crippen molar-refractivity contribution in [2.24, 2.45) is 5.73 Å². The van der Waals surface area contributed by atoms with E-state index in [-0.39, 0.29) is 11.9 Å². The number of rotatable bonds is 5. The van der Waals surface area contributed by atoms with Crippen LogP contribution in [0.15, 0.2) is 24.3 Å². The van der Waals surface area contributed by atoms with Gasteiger partial charge in [-0.2, -0.15) is 0 Å². The SMILES string of the molecule is C#CC(CC)NC(=O)c1ccc(CCN)cc1. The summed E-state index contributed by atoms with van der Waals surface area (Å²) in [7, 11) is 0. The molecule has 1 atom stereocenters. The number of carbonyl (C=O) groups excluding carboxylic acids is 1. The highest BCUT2D eigenvalue weighted by Gasteiger charge is 2.09. The molecule has 0 aliphatic rings. The minimum absolute atomic E-state index is 0.130. The number of benzene rings is 1. The van der Waals surface area contributed by atoms with Crippen molar-refractivity contribution in [1.29, 1.82) is 0 Å². The van der Waals surface area contributed by atoms with Gasteiger partial charge in [0.2, 0.25) is 0 Å². The standard InChI is InChI=1S/C14H18N2O/c1-3-13(4-2)16-14(17)12-7-5-11(6-8-12)9-10-15/h1,5-8,13H,4,9-10,15H2,2H3,(H,16,17). The molecule has 0 aliphatic heterocycles. The molecule has 1 rings (SSSR count). The smallest absolute Gasteiger partial charge is 0.252 e. The zero-order valence-corrected chi connectivity index (χ0v) is 10.1. The minimum Gasteiger partial charge on any atom is -0.338 e. The highest BCUT2D eigenvalue weighted by molar-refractivity contribution is 5.94. The van der Waals surface area contributed by atoms with Gasteiger partial charge in [-0.25, -0.2) is 0 Å². The third kappa shape index (κ3) is 3.93. The maximum Gasteiger partial charge on any atom is 0.252 e. The number of nitrogens with one attached hydrogen (secondary N) is 1. The van der Waals surface area contributed by atoms with Crippen LogP contribution < -0.4 is 11.1 Å². The largest absolute Gasteiger partial charge is 0.338 e. The van der Waals surface area contributed by atoms with E-state index in [0.29, 0.717) is 12.1 Å². The van der Waals surface area contributed by atoms with Gasteiger partial charge < -0.3 is 11.1 Å². The van der Waals surface area contributed by atoms with Crippen LogP contribution in [0.2, 0.25) is 0 Å². The molecule has 0 radical (unpaired) electrons. The Hall–Kier alpha value is -1.79. The van der Waals surface area contributed by atoms with Crippen molar-refractivity contribution < 1.29 is 4.79 Å². The third-order valence-electron chi connectivity index (χ3n) is 2.56. The highest BCUT2D eigenvalue weighted by Crippen LogP contribution is 2.05. The predicted octanol–water partition coefficient (Wildman–Crippen LogP) is 1.33. The van der Waals surface area contributed by atoms with E-state index in [0.717, 1.165) is 18.4 Å². The lowest BCUT2D eigenvalue weighted by molar-refractivity contribution is 0.0945. The molecule has 0 bridgehead atoms. The van der Waals surface area contributed by atoms with Crippen LogP contribution in [0.4, 0.5) is 0 Å². The molecule has 0 aliphatic carbocycles. The zero-order valence-electron chi connectivity index (χ0n) is 10.1. The van der Waals surface area contributed by atoms with Crippen molar-refractivity contribution in [2.75, 3.05) is 6.54 Å². The van der Waals surface area contributed by atoms with Crippen molar-refractivity contribution in [2.45, 2.75) is 25.8 Å². The molecule has 17 heavy (non-hydrogen) atoms. The van der Waals surface area contributed by atoms with E-state index in [1.54, 1.807) is 12.1 Å². The molecule has 0 spiro atoms. The van der Waals surface area contributed by atoms with Crippen molar-refractivity contribution in [1.82, 2.24) is 5.32 Å². The van der Waals surface area contributed by atoms with Crippen molar-refractivity contribution in [3.63, 3.8) is 0 Å². The van der Waals surface area contributed by atoms with Gasteiger partial charge in [0.05, 0.1) is 6.04 Å². The summed E-state index contributed by atoms with van der Waals surface area (Å²) in [6, 6.07) is 7.22. The third-order valence-corrected chi connectivity index (χ3v) is 2.56. The van der Waals surface area contributed by atoms with E-state index < -0.39 is 0 Å². The van der Waals surface area contributed by atoms with E-state index in [1.165, 1.54) is 0 Å². The van der Waals surface area contributed by atoms with Crippen molar-refractivity contribution in [3.05, 3.63) is 35.4 Å². The summed E-state index contributed by atoms with van der Waals surface area (Å²) >= 11 is 0. The van der Waals surface area contributed by atoms with E-state index in [2.05, 4.69) is 11.2 Å². The molecule has 3 heteroatoms. The molecule has 0 heterocycles. The molecule has 1 unspecified atom stereocenters. The van der Waals surface area contributed by atoms with Crippen LogP contribution in [-0.2, 0) is 6.42 Å². The fourth-order valence-corrected chi connectivity index (χ4v) is 1.49. The van der Waals surface area contributed by atoms with Gasteiger partial charge in [-0.15, -0.1) is 6.42 Å². The summed E-state index contributed by atoms with van der Waals surface area (Å²) in [4.78, 5) is 11.8. The Bertz CT molecular complexity index is 403. The minimum atomic E-state index is -0.203. The topological polar surface area (TPSA) is 55.1 Å². The lowest BCUT2D eigenvalue weighted by Gasteiger charge is -2.10. The molecule has 1 aromatic rings. The van der Waals surface area contributed by atoms with E-state index >= 15 is 0 Å². The average molecular weight is 230 g/mol. The molecule has 0 aromatic heterocycles.